The molecule has 2 heterocycles. The van der Waals surface area contributed by atoms with Crippen molar-refractivity contribution in [2.45, 2.75) is 19.9 Å². The van der Waals surface area contributed by atoms with Crippen LogP contribution in [0.1, 0.15) is 17.4 Å². The molecule has 0 aliphatic carbocycles. The van der Waals surface area contributed by atoms with Gasteiger partial charge >= 0.3 is 0 Å². The standard InChI is InChI=1S/C23H34N4O2S.HI/c1-19(16-21-7-5-15-30-21)17-25-23(24-2)26-18-20-6-3-4-8-22(20)29-14-11-27-9-12-28-13-10-27;/h3-8,15,19H,9-14,16-18H2,1-2H3,(H2,24,25,26);1H. The lowest BCUT2D eigenvalue weighted by Crippen LogP contribution is -2.39. The number of rotatable bonds is 10. The minimum absolute atomic E-state index is 0. The summed E-state index contributed by atoms with van der Waals surface area (Å²) in [6.07, 6.45) is 1.08. The van der Waals surface area contributed by atoms with Crippen molar-refractivity contribution in [3.8, 4) is 5.75 Å². The summed E-state index contributed by atoms with van der Waals surface area (Å²) in [6.45, 7) is 9.04. The Morgan fingerprint density at radius 1 is 1.19 bits per heavy atom. The van der Waals surface area contributed by atoms with Gasteiger partial charge in [0, 0.05) is 50.2 Å². The first-order valence-corrected chi connectivity index (χ1v) is 11.6. The van der Waals surface area contributed by atoms with Gasteiger partial charge in [0.2, 0.25) is 0 Å². The van der Waals surface area contributed by atoms with Crippen molar-refractivity contribution in [1.82, 2.24) is 15.5 Å². The number of aliphatic imine (C=N–C) groups is 1. The lowest BCUT2D eigenvalue weighted by Gasteiger charge is -2.26. The van der Waals surface area contributed by atoms with Crippen LogP contribution in [-0.2, 0) is 17.7 Å². The maximum Gasteiger partial charge on any atom is 0.191 e. The van der Waals surface area contributed by atoms with Crippen LogP contribution in [0.25, 0.3) is 0 Å². The summed E-state index contributed by atoms with van der Waals surface area (Å²) >= 11 is 1.82. The molecule has 1 saturated heterocycles. The van der Waals surface area contributed by atoms with Crippen molar-refractivity contribution in [3.05, 3.63) is 52.2 Å². The summed E-state index contributed by atoms with van der Waals surface area (Å²) < 4.78 is 11.5. The SMILES string of the molecule is CN=C(NCc1ccccc1OCCN1CCOCC1)NCC(C)Cc1cccs1.I. The van der Waals surface area contributed by atoms with Crippen molar-refractivity contribution in [3.63, 3.8) is 0 Å². The molecule has 0 amide bonds. The number of guanidine groups is 1. The van der Waals surface area contributed by atoms with E-state index < -0.39 is 0 Å². The molecule has 3 rings (SSSR count). The Morgan fingerprint density at radius 2 is 2.00 bits per heavy atom. The molecule has 2 aromatic rings. The Kier molecular flexibility index (Phi) is 12.2. The monoisotopic (exact) mass is 558 g/mol. The van der Waals surface area contributed by atoms with Crippen LogP contribution >= 0.6 is 35.3 Å². The van der Waals surface area contributed by atoms with Crippen LogP contribution < -0.4 is 15.4 Å². The van der Waals surface area contributed by atoms with Crippen molar-refractivity contribution in [1.29, 1.82) is 0 Å². The van der Waals surface area contributed by atoms with Gasteiger partial charge in [-0.25, -0.2) is 0 Å². The fraction of sp³-hybridized carbons (Fsp3) is 0.522. The van der Waals surface area contributed by atoms with E-state index in [1.54, 1.807) is 0 Å². The summed E-state index contributed by atoms with van der Waals surface area (Å²) in [6, 6.07) is 12.5. The Balaban J connectivity index is 0.00000341. The Labute approximate surface area is 207 Å². The molecule has 1 aromatic carbocycles. The lowest BCUT2D eigenvalue weighted by atomic mass is 10.1. The van der Waals surface area contributed by atoms with Gasteiger partial charge in [-0.3, -0.25) is 9.89 Å². The number of ether oxygens (including phenoxy) is 2. The number of hydrogen-bond donors (Lipinski definition) is 2. The van der Waals surface area contributed by atoms with Gasteiger partial charge in [0.25, 0.3) is 0 Å². The molecule has 8 heteroatoms. The van der Waals surface area contributed by atoms with Crippen LogP contribution in [-0.4, -0.2) is 63.9 Å². The summed E-state index contributed by atoms with van der Waals surface area (Å²) in [5, 5.41) is 8.99. The summed E-state index contributed by atoms with van der Waals surface area (Å²) in [5.41, 5.74) is 1.13. The number of para-hydroxylation sites is 1. The highest BCUT2D eigenvalue weighted by Crippen LogP contribution is 2.18. The molecular weight excluding hydrogens is 523 g/mol. The third-order valence-electron chi connectivity index (χ3n) is 5.16. The molecule has 31 heavy (non-hydrogen) atoms. The number of halogens is 1. The minimum atomic E-state index is 0. The van der Waals surface area contributed by atoms with Crippen molar-refractivity contribution in [2.24, 2.45) is 10.9 Å². The summed E-state index contributed by atoms with van der Waals surface area (Å²) in [4.78, 5) is 8.17. The topological polar surface area (TPSA) is 58.1 Å². The zero-order valence-corrected chi connectivity index (χ0v) is 21.7. The molecule has 6 nitrogen and oxygen atoms in total. The van der Waals surface area contributed by atoms with E-state index in [-0.39, 0.29) is 24.0 Å². The molecule has 0 radical (unpaired) electrons. The minimum Gasteiger partial charge on any atom is -0.492 e. The molecular formula is C23H35IN4O2S. The quantitative estimate of drug-likeness (QED) is 0.265. The third kappa shape index (κ3) is 9.34. The van der Waals surface area contributed by atoms with Crippen LogP contribution in [0.4, 0.5) is 0 Å². The summed E-state index contributed by atoms with van der Waals surface area (Å²) in [7, 11) is 1.81. The smallest absolute Gasteiger partial charge is 0.191 e. The van der Waals surface area contributed by atoms with Gasteiger partial charge in [0.15, 0.2) is 5.96 Å². The fourth-order valence-electron chi connectivity index (χ4n) is 3.41. The van der Waals surface area contributed by atoms with Gasteiger partial charge in [0.1, 0.15) is 12.4 Å². The van der Waals surface area contributed by atoms with Crippen LogP contribution in [0.3, 0.4) is 0 Å². The highest BCUT2D eigenvalue weighted by molar-refractivity contribution is 14.0. The number of hydrogen-bond acceptors (Lipinski definition) is 5. The second kappa shape index (κ2) is 14.7. The fourth-order valence-corrected chi connectivity index (χ4v) is 4.28. The molecule has 1 fully saturated rings. The predicted octanol–water partition coefficient (Wildman–Crippen LogP) is 3.62. The zero-order chi connectivity index (χ0) is 21.0. The van der Waals surface area contributed by atoms with Crippen molar-refractivity contribution < 1.29 is 9.47 Å². The van der Waals surface area contributed by atoms with E-state index in [1.807, 2.05) is 36.6 Å². The Bertz CT molecular complexity index is 767. The Morgan fingerprint density at radius 3 is 2.74 bits per heavy atom. The van der Waals surface area contributed by atoms with Gasteiger partial charge in [-0.05, 0) is 29.9 Å². The predicted molar refractivity (Wildman–Crippen MR) is 140 cm³/mol. The van der Waals surface area contributed by atoms with E-state index in [9.17, 15) is 0 Å². The maximum absolute atomic E-state index is 6.08. The first-order chi connectivity index (χ1) is 14.7. The van der Waals surface area contributed by atoms with Crippen molar-refractivity contribution >= 4 is 41.3 Å². The Hall–Kier alpha value is -1.36. The average molecular weight is 559 g/mol. The molecule has 0 saturated carbocycles. The molecule has 1 aliphatic rings. The normalized spacial score (nSPS) is 15.7. The molecule has 1 aliphatic heterocycles. The number of morpholine rings is 1. The largest absolute Gasteiger partial charge is 0.492 e. The average Bonchev–Trinajstić information content (AvgIpc) is 3.28. The third-order valence-corrected chi connectivity index (χ3v) is 6.06. The lowest BCUT2D eigenvalue weighted by molar-refractivity contribution is 0.0322. The van der Waals surface area contributed by atoms with E-state index in [1.165, 1.54) is 4.88 Å². The summed E-state index contributed by atoms with van der Waals surface area (Å²) in [5.74, 6) is 2.29. The van der Waals surface area contributed by atoms with Gasteiger partial charge < -0.3 is 20.1 Å². The maximum atomic E-state index is 6.08. The molecule has 0 spiro atoms. The van der Waals surface area contributed by atoms with Gasteiger partial charge in [-0.1, -0.05) is 31.2 Å². The van der Waals surface area contributed by atoms with Crippen LogP contribution in [0.15, 0.2) is 46.8 Å². The van der Waals surface area contributed by atoms with E-state index in [0.29, 0.717) is 19.1 Å². The van der Waals surface area contributed by atoms with Gasteiger partial charge in [0.05, 0.1) is 13.2 Å². The second-order valence-corrected chi connectivity index (χ2v) is 8.64. The van der Waals surface area contributed by atoms with Crippen LogP contribution in [0.2, 0.25) is 0 Å². The first kappa shape index (κ1) is 25.9. The number of nitrogens with one attached hydrogen (secondary N) is 2. The molecule has 1 unspecified atom stereocenters. The molecule has 2 N–H and O–H groups in total. The molecule has 172 valence electrons. The van der Waals surface area contributed by atoms with Crippen LogP contribution in [0.5, 0.6) is 5.75 Å². The van der Waals surface area contributed by atoms with E-state index in [4.69, 9.17) is 9.47 Å². The van der Waals surface area contributed by atoms with Crippen molar-refractivity contribution in [2.75, 3.05) is 53.0 Å². The van der Waals surface area contributed by atoms with E-state index >= 15 is 0 Å². The highest BCUT2D eigenvalue weighted by Gasteiger charge is 2.11. The van der Waals surface area contributed by atoms with Gasteiger partial charge in [-0.15, -0.1) is 35.3 Å². The van der Waals surface area contributed by atoms with Gasteiger partial charge in [-0.2, -0.15) is 0 Å². The second-order valence-electron chi connectivity index (χ2n) is 7.61. The van der Waals surface area contributed by atoms with Crippen LogP contribution in [0, 0.1) is 5.92 Å². The zero-order valence-electron chi connectivity index (χ0n) is 18.5. The first-order valence-electron chi connectivity index (χ1n) is 10.7. The number of benzene rings is 1. The number of nitrogens with zero attached hydrogens (tertiary/aromatic N) is 2. The van der Waals surface area contributed by atoms with E-state index in [2.05, 4.69) is 51.0 Å². The molecule has 1 aromatic heterocycles. The number of thiophene rings is 1. The van der Waals surface area contributed by atoms with E-state index in [0.717, 1.165) is 63.1 Å². The molecule has 1 atom stereocenters. The molecule has 0 bridgehead atoms. The highest BCUT2D eigenvalue weighted by atomic mass is 127.